The van der Waals surface area contributed by atoms with Gasteiger partial charge in [0.2, 0.25) is 0 Å². The van der Waals surface area contributed by atoms with Crippen molar-refractivity contribution < 1.29 is 27.8 Å². The molecule has 2 N–H and O–H groups in total. The van der Waals surface area contributed by atoms with E-state index in [-0.39, 0.29) is 17.3 Å². The average Bonchev–Trinajstić information content (AvgIpc) is 3.39. The zero-order chi connectivity index (χ0) is 26.3. The molecule has 1 aliphatic heterocycles. The Morgan fingerprint density at radius 3 is 2.46 bits per heavy atom. The van der Waals surface area contributed by atoms with Crippen LogP contribution in [0.3, 0.4) is 0 Å². The maximum absolute atomic E-state index is 13.0. The van der Waals surface area contributed by atoms with Crippen LogP contribution in [0.2, 0.25) is 0 Å². The molecule has 0 saturated carbocycles. The fraction of sp³-hybridized carbons (Fsp3) is 0.321. The van der Waals surface area contributed by atoms with Crippen molar-refractivity contribution in [3.8, 4) is 17.2 Å². The Balaban J connectivity index is 1.47. The molecule has 1 amide bonds. The summed E-state index contributed by atoms with van der Waals surface area (Å²) in [7, 11) is -3.29. The summed E-state index contributed by atoms with van der Waals surface area (Å²) in [6.45, 7) is 3.97. The second kappa shape index (κ2) is 12.1. The summed E-state index contributed by atoms with van der Waals surface area (Å²) in [5.41, 5.74) is 1.51. The van der Waals surface area contributed by atoms with Crippen molar-refractivity contribution in [3.05, 3.63) is 77.9 Å². The quantitative estimate of drug-likeness (QED) is 0.356. The zero-order valence-corrected chi connectivity index (χ0v) is 21.7. The number of aromatic hydroxyl groups is 1. The largest absolute Gasteiger partial charge is 0.508 e. The van der Waals surface area contributed by atoms with Gasteiger partial charge in [-0.15, -0.1) is 0 Å². The van der Waals surface area contributed by atoms with Gasteiger partial charge >= 0.3 is 0 Å². The molecule has 0 radical (unpaired) electrons. The molecule has 0 bridgehead atoms. The van der Waals surface area contributed by atoms with Gasteiger partial charge in [-0.2, -0.15) is 0 Å². The molecular formula is C28H32N2O6S. The van der Waals surface area contributed by atoms with Crippen molar-refractivity contribution in [2.75, 3.05) is 37.8 Å². The van der Waals surface area contributed by atoms with Gasteiger partial charge in [-0.05, 0) is 74.3 Å². The number of carbonyl (C=O) groups excluding carboxylic acids is 1. The first-order valence-corrected chi connectivity index (χ1v) is 14.2. The van der Waals surface area contributed by atoms with Gasteiger partial charge in [0.1, 0.15) is 23.9 Å². The van der Waals surface area contributed by atoms with Crippen LogP contribution < -0.4 is 14.8 Å². The van der Waals surface area contributed by atoms with Crippen LogP contribution in [0.1, 0.15) is 35.2 Å². The van der Waals surface area contributed by atoms with E-state index < -0.39 is 15.7 Å². The van der Waals surface area contributed by atoms with Gasteiger partial charge < -0.3 is 24.8 Å². The van der Waals surface area contributed by atoms with Crippen molar-refractivity contribution in [1.29, 1.82) is 0 Å². The third kappa shape index (κ3) is 7.71. The second-order valence-electron chi connectivity index (χ2n) is 9.12. The number of benzene rings is 3. The number of likely N-dealkylation sites (tertiary alicyclic amines) is 1. The Kier molecular flexibility index (Phi) is 8.68. The fourth-order valence-electron chi connectivity index (χ4n) is 4.16. The van der Waals surface area contributed by atoms with Gasteiger partial charge in [-0.3, -0.25) is 4.79 Å². The molecule has 0 unspecified atom stereocenters. The number of sulfone groups is 1. The topological polar surface area (TPSA) is 105 Å². The molecule has 1 fully saturated rings. The van der Waals surface area contributed by atoms with E-state index in [1.54, 1.807) is 42.5 Å². The number of phenolic OH excluding ortho intramolecular Hbond substituents is 1. The summed E-state index contributed by atoms with van der Waals surface area (Å²) in [4.78, 5) is 15.7. The average molecular weight is 525 g/mol. The van der Waals surface area contributed by atoms with Crippen LogP contribution in [-0.2, 0) is 16.4 Å². The van der Waals surface area contributed by atoms with Crippen LogP contribution in [0.25, 0.3) is 0 Å². The number of anilines is 1. The highest BCUT2D eigenvalue weighted by Gasteiger charge is 2.16. The van der Waals surface area contributed by atoms with Crippen molar-refractivity contribution >= 4 is 21.4 Å². The van der Waals surface area contributed by atoms with Gasteiger partial charge in [0, 0.05) is 30.6 Å². The highest BCUT2D eigenvalue weighted by Crippen LogP contribution is 2.28. The Labute approximate surface area is 217 Å². The minimum absolute atomic E-state index is 0.0458. The molecule has 3 aromatic rings. The van der Waals surface area contributed by atoms with Gasteiger partial charge in [-0.1, -0.05) is 18.2 Å². The predicted octanol–water partition coefficient (Wildman–Crippen LogP) is 4.49. The van der Waals surface area contributed by atoms with Gasteiger partial charge in [0.25, 0.3) is 5.91 Å². The molecule has 1 saturated heterocycles. The van der Waals surface area contributed by atoms with Crippen LogP contribution in [0, 0.1) is 0 Å². The van der Waals surface area contributed by atoms with Crippen molar-refractivity contribution in [3.63, 3.8) is 0 Å². The molecule has 4 rings (SSSR count). The summed E-state index contributed by atoms with van der Waals surface area (Å²) in [6.07, 6.45) is 4.57. The van der Waals surface area contributed by atoms with Gasteiger partial charge in [0.05, 0.1) is 17.1 Å². The molecule has 9 heteroatoms. The number of rotatable bonds is 11. The maximum Gasteiger partial charge on any atom is 0.259 e. The predicted molar refractivity (Wildman–Crippen MR) is 142 cm³/mol. The molecule has 0 aliphatic carbocycles. The molecule has 1 heterocycles. The first kappa shape index (κ1) is 26.5. The fourth-order valence-corrected chi connectivity index (χ4v) is 4.79. The minimum atomic E-state index is -3.29. The Morgan fingerprint density at radius 2 is 1.76 bits per heavy atom. The van der Waals surface area contributed by atoms with E-state index in [1.807, 2.05) is 0 Å². The Morgan fingerprint density at radius 1 is 1.00 bits per heavy atom. The van der Waals surface area contributed by atoms with E-state index in [4.69, 9.17) is 9.47 Å². The van der Waals surface area contributed by atoms with Crippen molar-refractivity contribution in [2.45, 2.75) is 30.8 Å². The number of hydrogen-bond donors (Lipinski definition) is 2. The van der Waals surface area contributed by atoms with Crippen molar-refractivity contribution in [2.24, 2.45) is 0 Å². The number of phenols is 1. The summed E-state index contributed by atoms with van der Waals surface area (Å²) in [5.74, 6) is 0.581. The number of ether oxygens (including phenoxy) is 2. The molecule has 196 valence electrons. The maximum atomic E-state index is 13.0. The van der Waals surface area contributed by atoms with Crippen LogP contribution in [0.5, 0.6) is 17.2 Å². The third-order valence-electron chi connectivity index (χ3n) is 6.13. The number of carbonyl (C=O) groups is 1. The lowest BCUT2D eigenvalue weighted by Gasteiger charge is -2.16. The third-order valence-corrected chi connectivity index (χ3v) is 7.26. The van der Waals surface area contributed by atoms with Crippen LogP contribution in [0.4, 0.5) is 5.69 Å². The minimum Gasteiger partial charge on any atom is -0.508 e. The number of nitrogens with zero attached hydrogens (tertiary/aromatic N) is 1. The summed E-state index contributed by atoms with van der Waals surface area (Å²) >= 11 is 0. The van der Waals surface area contributed by atoms with Crippen LogP contribution in [0.15, 0.2) is 71.6 Å². The first-order valence-electron chi connectivity index (χ1n) is 12.3. The van der Waals surface area contributed by atoms with E-state index in [9.17, 15) is 18.3 Å². The Bertz CT molecular complexity index is 1320. The molecule has 0 spiro atoms. The van der Waals surface area contributed by atoms with Gasteiger partial charge in [-0.25, -0.2) is 8.42 Å². The van der Waals surface area contributed by atoms with E-state index in [0.717, 1.165) is 37.9 Å². The molecule has 0 atom stereocenters. The summed E-state index contributed by atoms with van der Waals surface area (Å²) in [5, 5.41) is 12.5. The molecule has 0 aromatic heterocycles. The monoisotopic (exact) mass is 524 g/mol. The van der Waals surface area contributed by atoms with E-state index in [2.05, 4.69) is 10.2 Å². The second-order valence-corrected chi connectivity index (χ2v) is 11.1. The standard InChI is InChI=1S/C28H32N2O6S/c1-37(33,34)25-11-8-21(9-12-25)20-36-27-19-24(35-17-5-16-30-14-2-3-15-30)10-13-26(27)28(32)29-22-6-4-7-23(31)18-22/h4,6-13,18-19,31H,2-3,5,14-17,20H2,1H3,(H,29,32). The number of nitrogens with one attached hydrogen (secondary N) is 1. The Hall–Kier alpha value is -3.56. The lowest BCUT2D eigenvalue weighted by Crippen LogP contribution is -2.21. The SMILES string of the molecule is CS(=O)(=O)c1ccc(COc2cc(OCCCN3CCCC3)ccc2C(=O)Nc2cccc(O)c2)cc1. The number of hydrogen-bond acceptors (Lipinski definition) is 7. The van der Waals surface area contributed by atoms with E-state index in [0.29, 0.717) is 29.4 Å². The van der Waals surface area contributed by atoms with Crippen LogP contribution in [-0.4, -0.2) is 56.8 Å². The van der Waals surface area contributed by atoms with E-state index in [1.165, 1.54) is 37.1 Å². The molecule has 37 heavy (non-hydrogen) atoms. The van der Waals surface area contributed by atoms with Crippen molar-refractivity contribution in [1.82, 2.24) is 4.90 Å². The highest BCUT2D eigenvalue weighted by molar-refractivity contribution is 7.90. The van der Waals surface area contributed by atoms with Crippen LogP contribution >= 0.6 is 0 Å². The highest BCUT2D eigenvalue weighted by atomic mass is 32.2. The lowest BCUT2D eigenvalue weighted by atomic mass is 10.1. The lowest BCUT2D eigenvalue weighted by molar-refractivity contribution is 0.102. The zero-order valence-electron chi connectivity index (χ0n) is 20.9. The summed E-state index contributed by atoms with van der Waals surface area (Å²) in [6, 6.07) is 17.8. The normalized spacial score (nSPS) is 13.9. The smallest absolute Gasteiger partial charge is 0.259 e. The molecular weight excluding hydrogens is 492 g/mol. The molecule has 3 aromatic carbocycles. The van der Waals surface area contributed by atoms with Gasteiger partial charge in [0.15, 0.2) is 9.84 Å². The number of amides is 1. The molecule has 1 aliphatic rings. The molecule has 8 nitrogen and oxygen atoms in total. The summed E-state index contributed by atoms with van der Waals surface area (Å²) < 4.78 is 35.4. The van der Waals surface area contributed by atoms with E-state index >= 15 is 0 Å². The first-order chi connectivity index (χ1) is 17.8.